The Labute approximate surface area is 170 Å². The molecule has 0 amide bonds. The van der Waals surface area contributed by atoms with Crippen molar-refractivity contribution < 1.29 is 14.2 Å². The summed E-state index contributed by atoms with van der Waals surface area (Å²) in [7, 11) is 3.35. The highest BCUT2D eigenvalue weighted by Gasteiger charge is 2.26. The van der Waals surface area contributed by atoms with Crippen LogP contribution in [-0.2, 0) is 0 Å². The molecule has 0 saturated carbocycles. The van der Waals surface area contributed by atoms with Crippen molar-refractivity contribution in [3.8, 4) is 17.2 Å². The average Bonchev–Trinajstić information content (AvgIpc) is 2.84. The fourth-order valence-electron chi connectivity index (χ4n) is 3.19. The molecule has 0 aromatic heterocycles. The summed E-state index contributed by atoms with van der Waals surface area (Å²) >= 11 is 3.64. The first-order chi connectivity index (χ1) is 13.1. The molecule has 1 aliphatic rings. The highest BCUT2D eigenvalue weighted by Crippen LogP contribution is 2.40. The van der Waals surface area contributed by atoms with Crippen LogP contribution in [0.1, 0.15) is 13.3 Å². The van der Waals surface area contributed by atoms with Crippen LogP contribution in [0.25, 0.3) is 0 Å². The number of nitrogens with two attached hydrogens (primary N) is 1. The van der Waals surface area contributed by atoms with Gasteiger partial charge in [-0.05, 0) is 36.6 Å². The van der Waals surface area contributed by atoms with Crippen molar-refractivity contribution in [1.29, 1.82) is 0 Å². The van der Waals surface area contributed by atoms with Crippen LogP contribution in [0.2, 0.25) is 0 Å². The molecule has 2 N–H and O–H groups in total. The summed E-state index contributed by atoms with van der Waals surface area (Å²) in [5, 5.41) is 0. The minimum absolute atomic E-state index is 0.264. The van der Waals surface area contributed by atoms with E-state index in [1.54, 1.807) is 26.0 Å². The first-order valence-corrected chi connectivity index (χ1v) is 11.1. The van der Waals surface area contributed by atoms with Crippen molar-refractivity contribution in [2.45, 2.75) is 29.4 Å². The molecule has 1 unspecified atom stereocenters. The van der Waals surface area contributed by atoms with E-state index < -0.39 is 0 Å². The van der Waals surface area contributed by atoms with Gasteiger partial charge in [-0.2, -0.15) is 0 Å². The second-order valence-corrected chi connectivity index (χ2v) is 8.87. The second-order valence-electron chi connectivity index (χ2n) is 6.74. The molecule has 0 spiro atoms. The van der Waals surface area contributed by atoms with Crippen LogP contribution in [0.5, 0.6) is 17.2 Å². The first-order valence-electron chi connectivity index (χ1n) is 9.10. The molecular weight excluding hydrogens is 378 g/mol. The number of fused-ring (bicyclic) bond motifs is 1. The van der Waals surface area contributed by atoms with Gasteiger partial charge in [-0.1, -0.05) is 25.1 Å². The molecule has 0 fully saturated rings. The van der Waals surface area contributed by atoms with Crippen molar-refractivity contribution in [3.05, 3.63) is 42.5 Å². The van der Waals surface area contributed by atoms with Gasteiger partial charge in [0.05, 0.1) is 19.1 Å². The zero-order valence-corrected chi connectivity index (χ0v) is 17.6. The van der Waals surface area contributed by atoms with Gasteiger partial charge in [0, 0.05) is 22.3 Å². The van der Waals surface area contributed by atoms with E-state index in [0.717, 1.165) is 40.1 Å². The van der Waals surface area contributed by atoms with E-state index >= 15 is 0 Å². The Morgan fingerprint density at radius 3 is 2.78 bits per heavy atom. The summed E-state index contributed by atoms with van der Waals surface area (Å²) in [4.78, 5) is 2.28. The number of ether oxygens (including phenoxy) is 3. The van der Waals surface area contributed by atoms with Gasteiger partial charge in [-0.15, -0.1) is 23.5 Å². The first kappa shape index (κ1) is 20.2. The lowest BCUT2D eigenvalue weighted by Gasteiger charge is -2.24. The van der Waals surface area contributed by atoms with E-state index in [1.807, 2.05) is 42.1 Å². The molecule has 3 rings (SSSR count). The highest BCUT2D eigenvalue weighted by molar-refractivity contribution is 7.99. The largest absolute Gasteiger partial charge is 0.493 e. The maximum atomic E-state index is 6.35. The van der Waals surface area contributed by atoms with Gasteiger partial charge in [0.1, 0.15) is 5.75 Å². The SMILES string of the molecule is COc1cccc(SC[C@@H](C)C[C@H]2CSc3ccccc3OC2N)c1OC. The Morgan fingerprint density at radius 1 is 1.19 bits per heavy atom. The number of benzene rings is 2. The molecule has 4 nitrogen and oxygen atoms in total. The third kappa shape index (κ3) is 5.06. The lowest BCUT2D eigenvalue weighted by atomic mass is 9.97. The van der Waals surface area contributed by atoms with Crippen LogP contribution in [-0.4, -0.2) is 32.0 Å². The maximum Gasteiger partial charge on any atom is 0.174 e. The van der Waals surface area contributed by atoms with Gasteiger partial charge in [0.15, 0.2) is 17.7 Å². The lowest BCUT2D eigenvalue weighted by Crippen LogP contribution is -2.37. The number of para-hydroxylation sites is 2. The minimum Gasteiger partial charge on any atom is -0.493 e. The predicted octanol–water partition coefficient (Wildman–Crippen LogP) is 4.91. The number of rotatable bonds is 7. The molecule has 2 aromatic rings. The van der Waals surface area contributed by atoms with Crippen LogP contribution >= 0.6 is 23.5 Å². The van der Waals surface area contributed by atoms with Crippen LogP contribution in [0.4, 0.5) is 0 Å². The van der Waals surface area contributed by atoms with E-state index in [9.17, 15) is 0 Å². The molecule has 146 valence electrons. The van der Waals surface area contributed by atoms with Crippen molar-refractivity contribution in [2.75, 3.05) is 25.7 Å². The molecule has 27 heavy (non-hydrogen) atoms. The molecule has 0 radical (unpaired) electrons. The topological polar surface area (TPSA) is 53.7 Å². The van der Waals surface area contributed by atoms with Gasteiger partial charge < -0.3 is 14.2 Å². The van der Waals surface area contributed by atoms with Crippen LogP contribution in [0.15, 0.2) is 52.3 Å². The molecule has 6 heteroatoms. The quantitative estimate of drug-likeness (QED) is 0.661. The summed E-state index contributed by atoms with van der Waals surface area (Å²) < 4.78 is 16.9. The Hall–Kier alpha value is -1.50. The van der Waals surface area contributed by atoms with E-state index in [2.05, 4.69) is 19.1 Å². The Morgan fingerprint density at radius 2 is 2.00 bits per heavy atom. The van der Waals surface area contributed by atoms with E-state index in [1.165, 1.54) is 4.90 Å². The maximum absolute atomic E-state index is 6.35. The molecule has 1 heterocycles. The fourth-order valence-corrected chi connectivity index (χ4v) is 5.43. The molecule has 3 atom stereocenters. The summed E-state index contributed by atoms with van der Waals surface area (Å²) in [6.45, 7) is 2.27. The van der Waals surface area contributed by atoms with E-state index in [0.29, 0.717) is 11.8 Å². The van der Waals surface area contributed by atoms with Gasteiger partial charge in [0.2, 0.25) is 0 Å². The van der Waals surface area contributed by atoms with Gasteiger partial charge in [-0.3, -0.25) is 5.73 Å². The minimum atomic E-state index is -0.264. The van der Waals surface area contributed by atoms with Crippen LogP contribution < -0.4 is 19.9 Å². The molecule has 2 aromatic carbocycles. The Balaban J connectivity index is 1.58. The lowest BCUT2D eigenvalue weighted by molar-refractivity contribution is 0.138. The van der Waals surface area contributed by atoms with E-state index in [-0.39, 0.29) is 6.23 Å². The smallest absolute Gasteiger partial charge is 0.174 e. The summed E-state index contributed by atoms with van der Waals surface area (Å²) in [6.07, 6.45) is 0.765. The predicted molar refractivity (Wildman–Crippen MR) is 113 cm³/mol. The van der Waals surface area contributed by atoms with Crippen LogP contribution in [0.3, 0.4) is 0 Å². The van der Waals surface area contributed by atoms with Crippen molar-refractivity contribution in [2.24, 2.45) is 17.6 Å². The summed E-state index contributed by atoms with van der Waals surface area (Å²) in [5.41, 5.74) is 6.35. The van der Waals surface area contributed by atoms with E-state index in [4.69, 9.17) is 19.9 Å². The number of methoxy groups -OCH3 is 2. The normalized spacial score (nSPS) is 20.1. The molecule has 0 bridgehead atoms. The molecular formula is C21H27NO3S2. The molecule has 1 aliphatic heterocycles. The van der Waals surface area contributed by atoms with Crippen molar-refractivity contribution in [1.82, 2.24) is 0 Å². The second kappa shape index (κ2) is 9.62. The number of hydrogen-bond acceptors (Lipinski definition) is 6. The number of thioether (sulfide) groups is 2. The standard InChI is InChI=1S/C21H27NO3S2/c1-14(12-26-19-10-6-8-17(23-2)20(19)24-3)11-15-13-27-18-9-5-4-7-16(18)25-21(15)22/h4-10,14-15,21H,11-13,22H2,1-3H3/t14-,15-,21?/m0/s1. The molecule has 0 saturated heterocycles. The zero-order chi connectivity index (χ0) is 19.2. The van der Waals surface area contributed by atoms with Gasteiger partial charge in [0.25, 0.3) is 0 Å². The third-order valence-electron chi connectivity index (χ3n) is 4.63. The average molecular weight is 406 g/mol. The van der Waals surface area contributed by atoms with Crippen molar-refractivity contribution in [3.63, 3.8) is 0 Å². The van der Waals surface area contributed by atoms with Crippen molar-refractivity contribution >= 4 is 23.5 Å². The highest BCUT2D eigenvalue weighted by atomic mass is 32.2. The number of hydrogen-bond donors (Lipinski definition) is 1. The zero-order valence-electron chi connectivity index (χ0n) is 16.0. The fraction of sp³-hybridized carbons (Fsp3) is 0.429. The van der Waals surface area contributed by atoms with Gasteiger partial charge in [-0.25, -0.2) is 0 Å². The van der Waals surface area contributed by atoms with Gasteiger partial charge >= 0.3 is 0 Å². The summed E-state index contributed by atoms with van der Waals surface area (Å²) in [5.74, 6) is 5.28. The molecule has 0 aliphatic carbocycles. The Bertz CT molecular complexity index is 756. The Kier molecular flexibility index (Phi) is 7.21. The third-order valence-corrected chi connectivity index (χ3v) is 7.24. The van der Waals surface area contributed by atoms with Crippen LogP contribution in [0, 0.1) is 11.8 Å². The monoisotopic (exact) mass is 405 g/mol. The summed E-state index contributed by atoms with van der Waals surface area (Å²) in [6, 6.07) is 14.1.